The van der Waals surface area contributed by atoms with Crippen LogP contribution >= 0.6 is 0 Å². The van der Waals surface area contributed by atoms with Crippen molar-refractivity contribution in [1.29, 1.82) is 0 Å². The Morgan fingerprint density at radius 2 is 1.87 bits per heavy atom. The van der Waals surface area contributed by atoms with Gasteiger partial charge in [0.1, 0.15) is 0 Å². The van der Waals surface area contributed by atoms with E-state index in [1.807, 2.05) is 6.08 Å². The Bertz CT molecular complexity index is 258. The smallest absolute Gasteiger partial charge is 0.306 e. The van der Waals surface area contributed by atoms with E-state index < -0.39 is 5.97 Å². The van der Waals surface area contributed by atoms with Crippen LogP contribution in [0, 0.1) is 5.92 Å². The number of rotatable bonds is 6. The highest BCUT2D eigenvalue weighted by molar-refractivity contribution is 5.69. The lowest BCUT2D eigenvalue weighted by Gasteiger charge is -2.03. The van der Waals surface area contributed by atoms with Gasteiger partial charge in [0.05, 0.1) is 5.92 Å². The lowest BCUT2D eigenvalue weighted by Crippen LogP contribution is -2.07. The molecular formula is C13H22O2. The first-order valence-corrected chi connectivity index (χ1v) is 5.45. The van der Waals surface area contributed by atoms with Crippen molar-refractivity contribution in [2.45, 2.75) is 47.0 Å². The monoisotopic (exact) mass is 210 g/mol. The molecule has 0 aromatic heterocycles. The van der Waals surface area contributed by atoms with Crippen LogP contribution in [-0.4, -0.2) is 11.1 Å². The van der Waals surface area contributed by atoms with Gasteiger partial charge < -0.3 is 5.11 Å². The molecule has 0 heterocycles. The van der Waals surface area contributed by atoms with Gasteiger partial charge in [-0.1, -0.05) is 30.2 Å². The van der Waals surface area contributed by atoms with Crippen molar-refractivity contribution in [2.75, 3.05) is 0 Å². The summed E-state index contributed by atoms with van der Waals surface area (Å²) in [6, 6.07) is 0. The first-order chi connectivity index (χ1) is 6.93. The molecule has 0 aliphatic rings. The molecule has 0 fully saturated rings. The fourth-order valence-corrected chi connectivity index (χ4v) is 1.17. The quantitative estimate of drug-likeness (QED) is 0.677. The number of hydrogen-bond acceptors (Lipinski definition) is 1. The van der Waals surface area contributed by atoms with Gasteiger partial charge in [-0.25, -0.2) is 0 Å². The molecule has 1 unspecified atom stereocenters. The predicted molar refractivity (Wildman–Crippen MR) is 63.8 cm³/mol. The Kier molecular flexibility index (Phi) is 6.76. The molecule has 0 radical (unpaired) electrons. The largest absolute Gasteiger partial charge is 0.481 e. The van der Waals surface area contributed by atoms with E-state index in [0.717, 1.165) is 12.8 Å². The van der Waals surface area contributed by atoms with Gasteiger partial charge in [-0.2, -0.15) is 0 Å². The van der Waals surface area contributed by atoms with E-state index in [1.54, 1.807) is 6.92 Å². The maximum absolute atomic E-state index is 10.6. The predicted octanol–water partition coefficient (Wildman–Crippen LogP) is 3.79. The fraction of sp³-hybridized carbons (Fsp3) is 0.615. The van der Waals surface area contributed by atoms with E-state index in [2.05, 4.69) is 26.8 Å². The summed E-state index contributed by atoms with van der Waals surface area (Å²) in [4.78, 5) is 10.6. The van der Waals surface area contributed by atoms with Crippen LogP contribution < -0.4 is 0 Å². The highest BCUT2D eigenvalue weighted by Gasteiger charge is 2.07. The zero-order chi connectivity index (χ0) is 11.8. The molecule has 2 heteroatoms. The molecule has 0 saturated carbocycles. The Labute approximate surface area is 92.7 Å². The van der Waals surface area contributed by atoms with Gasteiger partial charge in [0.2, 0.25) is 0 Å². The Balaban J connectivity index is 3.89. The summed E-state index contributed by atoms with van der Waals surface area (Å²) in [7, 11) is 0. The summed E-state index contributed by atoms with van der Waals surface area (Å²) in [5.74, 6) is -0.994. The molecule has 0 amide bonds. The number of carboxylic acid groups (broad SMARTS) is 1. The van der Waals surface area contributed by atoms with Crippen molar-refractivity contribution < 1.29 is 9.90 Å². The first kappa shape index (κ1) is 13.9. The van der Waals surface area contributed by atoms with Crippen LogP contribution in [0.15, 0.2) is 23.3 Å². The number of aliphatic carboxylic acids is 1. The van der Waals surface area contributed by atoms with E-state index in [4.69, 9.17) is 5.11 Å². The third kappa shape index (κ3) is 7.98. The zero-order valence-corrected chi connectivity index (χ0v) is 10.2. The van der Waals surface area contributed by atoms with Gasteiger partial charge in [-0.3, -0.25) is 4.79 Å². The van der Waals surface area contributed by atoms with Crippen LogP contribution in [0.2, 0.25) is 0 Å². The highest BCUT2D eigenvalue weighted by atomic mass is 16.4. The summed E-state index contributed by atoms with van der Waals surface area (Å²) in [6.45, 7) is 7.98. The summed E-state index contributed by atoms with van der Waals surface area (Å²) in [5, 5.41) is 8.70. The summed E-state index contributed by atoms with van der Waals surface area (Å²) < 4.78 is 0. The highest BCUT2D eigenvalue weighted by Crippen LogP contribution is 2.11. The van der Waals surface area contributed by atoms with Crippen molar-refractivity contribution in [2.24, 2.45) is 5.92 Å². The maximum atomic E-state index is 10.6. The third-order valence-electron chi connectivity index (χ3n) is 2.33. The fourth-order valence-electron chi connectivity index (χ4n) is 1.17. The summed E-state index contributed by atoms with van der Waals surface area (Å²) >= 11 is 0. The Morgan fingerprint density at radius 3 is 2.33 bits per heavy atom. The average molecular weight is 210 g/mol. The second-order valence-electron chi connectivity index (χ2n) is 4.35. The van der Waals surface area contributed by atoms with Crippen LogP contribution in [0.3, 0.4) is 0 Å². The third-order valence-corrected chi connectivity index (χ3v) is 2.33. The molecule has 0 aromatic carbocycles. The minimum Gasteiger partial charge on any atom is -0.481 e. The second-order valence-corrected chi connectivity index (χ2v) is 4.35. The minimum absolute atomic E-state index is 0.275. The van der Waals surface area contributed by atoms with Crippen molar-refractivity contribution in [3.8, 4) is 0 Å². The first-order valence-electron chi connectivity index (χ1n) is 5.45. The molecule has 0 aliphatic heterocycles. The second kappa shape index (κ2) is 7.27. The van der Waals surface area contributed by atoms with Crippen LogP contribution in [0.5, 0.6) is 0 Å². The van der Waals surface area contributed by atoms with E-state index in [9.17, 15) is 4.79 Å². The maximum Gasteiger partial charge on any atom is 0.306 e. The van der Waals surface area contributed by atoms with Gasteiger partial charge in [0, 0.05) is 0 Å². The zero-order valence-electron chi connectivity index (χ0n) is 10.2. The lowest BCUT2D eigenvalue weighted by molar-refractivity contribution is -0.140. The Hall–Kier alpha value is -1.05. The molecule has 2 nitrogen and oxygen atoms in total. The van der Waals surface area contributed by atoms with Crippen molar-refractivity contribution in [1.82, 2.24) is 0 Å². The standard InChI is InChI=1S/C13H22O2/c1-10(2)6-5-7-11(3)8-9-12(4)13(14)15/h6,8,12H,5,7,9H2,1-4H3,(H,14,15). The Morgan fingerprint density at radius 1 is 1.27 bits per heavy atom. The van der Waals surface area contributed by atoms with Crippen LogP contribution in [0.1, 0.15) is 47.0 Å². The number of carbonyl (C=O) groups is 1. The molecule has 86 valence electrons. The van der Waals surface area contributed by atoms with Crippen LogP contribution in [-0.2, 0) is 4.79 Å². The number of allylic oxidation sites excluding steroid dienone is 4. The molecule has 0 bridgehead atoms. The van der Waals surface area contributed by atoms with Crippen LogP contribution in [0.4, 0.5) is 0 Å². The normalized spacial score (nSPS) is 13.5. The van der Waals surface area contributed by atoms with E-state index in [0.29, 0.717) is 6.42 Å². The average Bonchev–Trinajstić information content (AvgIpc) is 2.13. The van der Waals surface area contributed by atoms with Gasteiger partial charge >= 0.3 is 5.97 Å². The lowest BCUT2D eigenvalue weighted by atomic mass is 10.0. The van der Waals surface area contributed by atoms with Gasteiger partial charge in [-0.05, 0) is 40.0 Å². The molecule has 0 spiro atoms. The van der Waals surface area contributed by atoms with Crippen molar-refractivity contribution in [3.05, 3.63) is 23.3 Å². The number of carboxylic acids is 1. The molecule has 1 N–H and O–H groups in total. The summed E-state index contributed by atoms with van der Waals surface area (Å²) in [6.07, 6.45) is 6.95. The van der Waals surface area contributed by atoms with E-state index >= 15 is 0 Å². The molecule has 15 heavy (non-hydrogen) atoms. The SMILES string of the molecule is CC(C)=CCCC(C)=CCC(C)C(=O)O. The van der Waals surface area contributed by atoms with Gasteiger partial charge in [-0.15, -0.1) is 0 Å². The minimum atomic E-state index is -0.719. The molecule has 0 aromatic rings. The van der Waals surface area contributed by atoms with Gasteiger partial charge in [0.15, 0.2) is 0 Å². The van der Waals surface area contributed by atoms with Gasteiger partial charge in [0.25, 0.3) is 0 Å². The van der Waals surface area contributed by atoms with Crippen molar-refractivity contribution >= 4 is 5.97 Å². The summed E-state index contributed by atoms with van der Waals surface area (Å²) in [5.41, 5.74) is 2.61. The molecule has 1 atom stereocenters. The van der Waals surface area contributed by atoms with Crippen molar-refractivity contribution in [3.63, 3.8) is 0 Å². The topological polar surface area (TPSA) is 37.3 Å². The molecule has 0 aliphatic carbocycles. The number of hydrogen-bond donors (Lipinski definition) is 1. The van der Waals surface area contributed by atoms with E-state index in [-0.39, 0.29) is 5.92 Å². The molecular weight excluding hydrogens is 188 g/mol. The molecule has 0 saturated heterocycles. The van der Waals surface area contributed by atoms with E-state index in [1.165, 1.54) is 11.1 Å². The molecule has 0 rings (SSSR count). The van der Waals surface area contributed by atoms with Crippen LogP contribution in [0.25, 0.3) is 0 Å².